The molecule has 1 amide bonds. The number of nitrogens with one attached hydrogen (secondary N) is 1. The van der Waals surface area contributed by atoms with E-state index < -0.39 is 42.2 Å². The average molecular weight is 1300 g/mol. The van der Waals surface area contributed by atoms with E-state index in [1.807, 2.05) is 69.3 Å². The highest BCUT2D eigenvalue weighted by Crippen LogP contribution is 2.26. The first-order valence-corrected chi connectivity index (χ1v) is 26.5. The van der Waals surface area contributed by atoms with Crippen molar-refractivity contribution in [2.45, 2.75) is 52.7 Å². The maximum Gasteiger partial charge on any atom is 0.488 e. The largest absolute Gasteiger partial charge is 0.488 e. The van der Waals surface area contributed by atoms with E-state index in [2.05, 4.69) is 67.3 Å². The van der Waals surface area contributed by atoms with E-state index in [1.165, 1.54) is 51.7 Å². The van der Waals surface area contributed by atoms with Gasteiger partial charge in [-0.2, -0.15) is 0 Å². The molecule has 22 heteroatoms. The number of hydrogen-bond acceptors (Lipinski definition) is 17. The number of carbonyl (C=O) groups excluding carboxylic acids is 6. The Morgan fingerprint density at radius 3 is 1.16 bits per heavy atom. The number of nitrogen functional groups attached to an aromatic ring is 1. The quantitative estimate of drug-likeness (QED) is 0.0429. The van der Waals surface area contributed by atoms with Crippen LogP contribution in [0, 0.1) is 0 Å². The molecule has 0 saturated heterocycles. The van der Waals surface area contributed by atoms with Crippen molar-refractivity contribution in [3.63, 3.8) is 0 Å². The van der Waals surface area contributed by atoms with E-state index in [4.69, 9.17) is 38.5 Å². The monoisotopic (exact) mass is 1300 g/mol. The molecule has 0 saturated carbocycles. The zero-order valence-electron chi connectivity index (χ0n) is 45.4. The Hall–Kier alpha value is -8.02. The molecule has 0 bridgehead atoms. The molecule has 3 heterocycles. The number of methoxy groups -OCH3 is 3. The lowest BCUT2D eigenvalue weighted by Crippen LogP contribution is -2.30. The van der Waals surface area contributed by atoms with Gasteiger partial charge in [0.1, 0.15) is 22.7 Å². The van der Waals surface area contributed by atoms with Crippen LogP contribution in [0.25, 0.3) is 22.6 Å². The van der Waals surface area contributed by atoms with Crippen LogP contribution in [0.3, 0.4) is 0 Å². The Morgan fingerprint density at radius 1 is 0.457 bits per heavy atom. The molecular weight excluding hydrogens is 1240 g/mol. The molecule has 18 nitrogen and oxygen atoms in total. The van der Waals surface area contributed by atoms with Gasteiger partial charge < -0.3 is 58.0 Å². The molecule has 5 aromatic carbocycles. The summed E-state index contributed by atoms with van der Waals surface area (Å²) in [5.74, 6) is -1.02. The summed E-state index contributed by atoms with van der Waals surface area (Å²) in [6.07, 6.45) is 0. The predicted molar refractivity (Wildman–Crippen MR) is 316 cm³/mol. The van der Waals surface area contributed by atoms with Gasteiger partial charge in [-0.3, -0.25) is 4.79 Å². The lowest BCUT2D eigenvalue weighted by atomic mass is 9.80. The van der Waals surface area contributed by atoms with Crippen molar-refractivity contribution in [3.05, 3.63) is 205 Å². The number of anilines is 2. The van der Waals surface area contributed by atoms with Crippen LogP contribution in [0.5, 0.6) is 0 Å². The van der Waals surface area contributed by atoms with Crippen molar-refractivity contribution in [2.75, 3.05) is 32.4 Å². The van der Waals surface area contributed by atoms with Gasteiger partial charge in [0.2, 0.25) is 17.3 Å². The van der Waals surface area contributed by atoms with Crippen LogP contribution in [0.15, 0.2) is 185 Å². The number of benzene rings is 5. The molecule has 8 aromatic rings. The number of amides is 1. The molecule has 0 aliphatic heterocycles. The van der Waals surface area contributed by atoms with Gasteiger partial charge >= 0.3 is 37.0 Å². The van der Waals surface area contributed by atoms with Crippen molar-refractivity contribution in [1.29, 1.82) is 0 Å². The summed E-state index contributed by atoms with van der Waals surface area (Å²) in [7, 11) is 2.37. The van der Waals surface area contributed by atoms with Crippen LogP contribution in [-0.2, 0) is 23.7 Å². The number of hydrogen-bond donors (Lipinski definition) is 4. The summed E-state index contributed by atoms with van der Waals surface area (Å²) in [5, 5.41) is 20.6. The van der Waals surface area contributed by atoms with Crippen molar-refractivity contribution >= 4 is 107 Å². The lowest BCUT2D eigenvalue weighted by molar-refractivity contribution is 0.00570. The second-order valence-corrected chi connectivity index (χ2v) is 21.2. The summed E-state index contributed by atoms with van der Waals surface area (Å²) < 4.78 is 42.3. The predicted octanol–water partition coefficient (Wildman–Crippen LogP) is 12.6. The molecule has 0 radical (unpaired) electrons. The summed E-state index contributed by atoms with van der Waals surface area (Å²) in [5.41, 5.74) is 9.06. The zero-order valence-corrected chi connectivity index (χ0v) is 50.2. The Bertz CT molecular complexity index is 3300. The molecule has 81 heavy (non-hydrogen) atoms. The number of esters is 5. The minimum atomic E-state index is -1.52. The minimum Gasteiger partial charge on any atom is -0.463 e. The Labute approximate surface area is 493 Å². The maximum absolute atomic E-state index is 12.3. The first-order chi connectivity index (χ1) is 38.2. The van der Waals surface area contributed by atoms with E-state index in [0.717, 1.165) is 25.8 Å². The van der Waals surface area contributed by atoms with Gasteiger partial charge in [0, 0.05) is 37.0 Å². The highest BCUT2D eigenvalue weighted by Gasteiger charge is 2.21. The Morgan fingerprint density at radius 2 is 0.815 bits per heavy atom. The molecular formula is C59H58BBr3N2O16. The summed E-state index contributed by atoms with van der Waals surface area (Å²) >= 11 is 9.70. The third-order valence-electron chi connectivity index (χ3n) is 10.00. The van der Waals surface area contributed by atoms with Gasteiger partial charge in [-0.1, -0.05) is 68.3 Å². The number of ether oxygens (including phenoxy) is 5. The molecule has 0 atom stereocenters. The Kier molecular flexibility index (Phi) is 25.2. The fourth-order valence-electron chi connectivity index (χ4n) is 6.15. The highest BCUT2D eigenvalue weighted by molar-refractivity contribution is 9.11. The molecule has 5 N–H and O–H groups in total. The zero-order chi connectivity index (χ0) is 60.0. The van der Waals surface area contributed by atoms with Crippen LogP contribution in [-0.4, -0.2) is 85.5 Å². The Balaban J connectivity index is 0.000000230. The number of rotatable bonds is 10. The number of nitrogens with two attached hydrogens (primary N) is 1. The molecule has 0 aliphatic carbocycles. The minimum absolute atomic E-state index is 0.133. The van der Waals surface area contributed by atoms with E-state index in [1.54, 1.807) is 99.6 Å². The molecule has 0 aliphatic rings. The first-order valence-electron chi connectivity index (χ1n) is 24.1. The van der Waals surface area contributed by atoms with Gasteiger partial charge in [0.15, 0.2) is 4.67 Å². The van der Waals surface area contributed by atoms with E-state index in [-0.39, 0.29) is 29.2 Å². The summed E-state index contributed by atoms with van der Waals surface area (Å²) in [6, 6.07) is 44.1. The first kappa shape index (κ1) is 65.5. The van der Waals surface area contributed by atoms with Gasteiger partial charge in [0.25, 0.3) is 5.91 Å². The fourth-order valence-corrected chi connectivity index (χ4v) is 6.99. The number of carbonyl (C=O) groups is 6. The summed E-state index contributed by atoms with van der Waals surface area (Å²) in [6.45, 7) is 10.8. The van der Waals surface area contributed by atoms with Gasteiger partial charge in [-0.15, -0.1) is 0 Å². The van der Waals surface area contributed by atoms with Crippen molar-refractivity contribution in [1.82, 2.24) is 0 Å². The standard InChI is InChI=1S/C19H14BrNO4.C17H18O5.C11H15BO4.C6H6BrN.C6H5BrO3/c1-24-19(23)17-11-10-16(25-17)12-2-4-13(5-3-12)18(22)21-15-8-6-14(20)7-9-15;1-17(2,3)22-15(18)12-7-5-11(6-8-12)13-9-10-14(21-13)16(19)20-4;1-11(2,3)16-10(13)8-4-6-9(7-5-8)12(14)15;7-5-1-3-6(8)4-2-5;1-9-6(8)4-2-3-5(7)10-4/h2-11H,1H3,(H,21,22);5-10H,1-4H3;4-7,14-15H,1-3H3;1-4H,8H2;2-3H,1H3. The maximum atomic E-state index is 12.3. The highest BCUT2D eigenvalue weighted by atomic mass is 79.9. The van der Waals surface area contributed by atoms with Crippen LogP contribution in [0.4, 0.5) is 11.4 Å². The normalized spacial score (nSPS) is 10.4. The van der Waals surface area contributed by atoms with Crippen molar-refractivity contribution in [3.8, 4) is 22.6 Å². The molecule has 0 spiro atoms. The molecule has 0 unspecified atom stereocenters. The number of halogens is 3. The third-order valence-corrected chi connectivity index (χ3v) is 11.5. The molecule has 424 valence electrons. The van der Waals surface area contributed by atoms with Crippen molar-refractivity contribution in [2.24, 2.45) is 0 Å². The van der Waals surface area contributed by atoms with Crippen LogP contribution < -0.4 is 16.5 Å². The molecule has 0 fully saturated rings. The second-order valence-electron chi connectivity index (χ2n) is 18.6. The van der Waals surface area contributed by atoms with Crippen LogP contribution in [0.2, 0.25) is 0 Å². The van der Waals surface area contributed by atoms with E-state index in [9.17, 15) is 28.8 Å². The van der Waals surface area contributed by atoms with Gasteiger partial charge in [-0.05, 0) is 184 Å². The summed E-state index contributed by atoms with van der Waals surface area (Å²) in [4.78, 5) is 69.3. The van der Waals surface area contributed by atoms with E-state index >= 15 is 0 Å². The second kappa shape index (κ2) is 31.1. The average Bonchev–Trinajstić information content (AvgIpc) is 4.26. The van der Waals surface area contributed by atoms with Crippen LogP contribution >= 0.6 is 47.8 Å². The third kappa shape index (κ3) is 22.6. The fraction of sp³-hybridized carbons (Fsp3) is 0.186. The van der Waals surface area contributed by atoms with Gasteiger partial charge in [0.05, 0.1) is 32.5 Å². The van der Waals surface area contributed by atoms with E-state index in [0.29, 0.717) is 44.0 Å². The van der Waals surface area contributed by atoms with Gasteiger partial charge in [-0.25, -0.2) is 24.0 Å². The van der Waals surface area contributed by atoms with Crippen molar-refractivity contribution < 1.29 is 75.8 Å². The van der Waals surface area contributed by atoms with Crippen LogP contribution in [0.1, 0.15) is 104 Å². The lowest BCUT2D eigenvalue weighted by Gasteiger charge is -2.19. The number of furan rings is 3. The smallest absolute Gasteiger partial charge is 0.463 e. The topological polar surface area (TPSA) is 266 Å². The molecule has 3 aromatic heterocycles. The SMILES string of the molecule is CC(C)(C)OC(=O)c1ccc(B(O)O)cc1.COC(=O)c1ccc(-c2ccc(C(=O)Nc3ccc(Br)cc3)cc2)o1.COC(=O)c1ccc(-c2ccc(C(=O)OC(C)(C)C)cc2)o1.COC(=O)c1ccc(Br)o1.Nc1ccc(Br)cc1. The molecule has 8 rings (SSSR count).